The summed E-state index contributed by atoms with van der Waals surface area (Å²) in [6, 6.07) is 20.8. The van der Waals surface area contributed by atoms with Crippen LogP contribution < -0.4 is 0 Å². The van der Waals surface area contributed by atoms with E-state index in [1.54, 1.807) is 23.5 Å². The van der Waals surface area contributed by atoms with E-state index in [0.717, 1.165) is 21.4 Å². The van der Waals surface area contributed by atoms with Crippen LogP contribution in [0.3, 0.4) is 0 Å². The van der Waals surface area contributed by atoms with Gasteiger partial charge >= 0.3 is 0 Å². The van der Waals surface area contributed by atoms with E-state index in [2.05, 4.69) is 48.2 Å². The fourth-order valence-corrected chi connectivity index (χ4v) is 6.98. The third-order valence-corrected chi connectivity index (χ3v) is 8.35. The Morgan fingerprint density at radius 2 is 1.45 bits per heavy atom. The minimum absolute atomic E-state index is 0.0122. The van der Waals surface area contributed by atoms with Crippen molar-refractivity contribution in [1.29, 1.82) is 0 Å². The van der Waals surface area contributed by atoms with Crippen molar-refractivity contribution in [2.75, 3.05) is 11.5 Å². The summed E-state index contributed by atoms with van der Waals surface area (Å²) in [6.45, 7) is 2.09. The van der Waals surface area contributed by atoms with Gasteiger partial charge in [-0.3, -0.25) is 9.69 Å². The number of hydrogen-bond acceptors (Lipinski definition) is 5. The lowest BCUT2D eigenvalue weighted by Gasteiger charge is -2.33. The van der Waals surface area contributed by atoms with Crippen molar-refractivity contribution in [3.8, 4) is 0 Å². The molecule has 2 aliphatic heterocycles. The summed E-state index contributed by atoms with van der Waals surface area (Å²) in [5.74, 6) is 1.81. The molecule has 2 fully saturated rings. The highest BCUT2D eigenvalue weighted by atomic mass is 32.2. The molecule has 29 heavy (non-hydrogen) atoms. The van der Waals surface area contributed by atoms with E-state index < -0.39 is 0 Å². The van der Waals surface area contributed by atoms with Gasteiger partial charge in [-0.25, -0.2) is 0 Å². The third-order valence-electron chi connectivity index (χ3n) is 5.37. The van der Waals surface area contributed by atoms with Crippen LogP contribution in [0.15, 0.2) is 60.7 Å². The number of rotatable bonds is 5. The Hall–Kier alpha value is -1.41. The first-order chi connectivity index (χ1) is 14.1. The van der Waals surface area contributed by atoms with Gasteiger partial charge in [0.25, 0.3) is 0 Å². The van der Waals surface area contributed by atoms with Crippen LogP contribution in [0.25, 0.3) is 0 Å². The van der Waals surface area contributed by atoms with Crippen molar-refractivity contribution in [3.63, 3.8) is 0 Å². The zero-order valence-electron chi connectivity index (χ0n) is 16.1. The molecular weight excluding hydrogens is 437 g/mol. The normalized spacial score (nSPS) is 22.9. The number of hydrogen-bond donors (Lipinski definition) is 0. The molecule has 0 N–H and O–H groups in total. The molecule has 0 radical (unpaired) electrons. The quantitative estimate of drug-likeness (QED) is 0.553. The zero-order valence-corrected chi connectivity index (χ0v) is 19.3. The van der Waals surface area contributed by atoms with Crippen LogP contribution in [0.4, 0.5) is 0 Å². The van der Waals surface area contributed by atoms with Crippen molar-refractivity contribution < 1.29 is 4.79 Å². The number of benzene rings is 2. The Labute approximate surface area is 191 Å². The van der Waals surface area contributed by atoms with Gasteiger partial charge < -0.3 is 4.90 Å². The van der Waals surface area contributed by atoms with Gasteiger partial charge in [-0.2, -0.15) is 0 Å². The molecule has 0 aliphatic carbocycles. The predicted octanol–water partition coefficient (Wildman–Crippen LogP) is 5.44. The first-order valence-electron chi connectivity index (χ1n) is 9.60. The summed E-state index contributed by atoms with van der Waals surface area (Å²) in [4.78, 5) is 17.4. The Bertz CT molecular complexity index is 906. The lowest BCUT2D eigenvalue weighted by Crippen LogP contribution is -2.41. The van der Waals surface area contributed by atoms with Gasteiger partial charge in [0.05, 0.1) is 12.1 Å². The van der Waals surface area contributed by atoms with E-state index in [-0.39, 0.29) is 24.0 Å². The lowest BCUT2D eigenvalue weighted by atomic mass is 10.0. The molecule has 2 aromatic rings. The largest absolute Gasteiger partial charge is 0.346 e. The van der Waals surface area contributed by atoms with E-state index in [4.69, 9.17) is 24.4 Å². The van der Waals surface area contributed by atoms with Crippen molar-refractivity contribution >= 4 is 62.5 Å². The van der Waals surface area contributed by atoms with Crippen LogP contribution in [0.2, 0.25) is 0 Å². The van der Waals surface area contributed by atoms with Crippen molar-refractivity contribution in [1.82, 2.24) is 9.80 Å². The van der Waals surface area contributed by atoms with Gasteiger partial charge in [0.15, 0.2) is 0 Å². The average Bonchev–Trinajstić information content (AvgIpc) is 3.32. The number of amides is 1. The maximum Gasteiger partial charge on any atom is 0.230 e. The molecular formula is C22H22N2OS4. The Morgan fingerprint density at radius 1 is 0.931 bits per heavy atom. The second-order valence-electron chi connectivity index (χ2n) is 7.23. The number of carbonyl (C=O) groups excluding carboxylic acids is 1. The zero-order chi connectivity index (χ0) is 20.4. The second kappa shape index (κ2) is 9.16. The standard InChI is InChI=1S/C22H22N2OS4/c1-15(23-18(13-28-21(23)26)16-8-4-2-5-9-16)12-20(25)24-19(14-29-22(24)27)17-10-6-3-7-11-17/h2-11,15,18-19H,12-14H2,1H3/t15-,18+,19+/m0/s1. The summed E-state index contributed by atoms with van der Waals surface area (Å²) in [5.41, 5.74) is 2.38. The molecule has 4 rings (SSSR count). The van der Waals surface area contributed by atoms with E-state index in [1.807, 2.05) is 29.2 Å². The third kappa shape index (κ3) is 4.38. The van der Waals surface area contributed by atoms with Gasteiger partial charge in [-0.05, 0) is 18.1 Å². The van der Waals surface area contributed by atoms with Gasteiger partial charge in [-0.15, -0.1) is 0 Å². The molecule has 3 nitrogen and oxygen atoms in total. The SMILES string of the molecule is C[C@@H](CC(=O)N1C(=S)SC[C@@H]1c1ccccc1)N1C(=S)SC[C@@H]1c1ccccc1. The fourth-order valence-electron chi connectivity index (χ4n) is 3.92. The van der Waals surface area contributed by atoms with E-state index in [9.17, 15) is 4.79 Å². The molecule has 0 saturated carbocycles. The van der Waals surface area contributed by atoms with Crippen molar-refractivity contribution in [3.05, 3.63) is 71.8 Å². The van der Waals surface area contributed by atoms with Crippen molar-refractivity contribution in [2.45, 2.75) is 31.5 Å². The maximum absolute atomic E-state index is 13.3. The Balaban J connectivity index is 1.51. The molecule has 0 spiro atoms. The number of nitrogens with zero attached hydrogens (tertiary/aromatic N) is 2. The molecule has 7 heteroatoms. The molecule has 0 aromatic heterocycles. The maximum atomic E-state index is 13.3. The predicted molar refractivity (Wildman–Crippen MR) is 131 cm³/mol. The van der Waals surface area contributed by atoms with Gasteiger partial charge in [0.2, 0.25) is 5.91 Å². The Kier molecular flexibility index (Phi) is 6.59. The first kappa shape index (κ1) is 20.8. The summed E-state index contributed by atoms with van der Waals surface area (Å²) in [5, 5.41) is 0. The molecule has 2 heterocycles. The molecule has 2 aliphatic rings. The number of thioether (sulfide) groups is 2. The van der Waals surface area contributed by atoms with E-state index in [0.29, 0.717) is 10.7 Å². The first-order valence-corrected chi connectivity index (χ1v) is 12.4. The summed E-state index contributed by atoms with van der Waals surface area (Å²) >= 11 is 14.5. The molecule has 2 aromatic carbocycles. The minimum Gasteiger partial charge on any atom is -0.346 e. The van der Waals surface area contributed by atoms with Gasteiger partial charge in [-0.1, -0.05) is 109 Å². The number of thiocarbonyl (C=S) groups is 2. The van der Waals surface area contributed by atoms with Crippen molar-refractivity contribution in [2.24, 2.45) is 0 Å². The summed E-state index contributed by atoms with van der Waals surface area (Å²) in [7, 11) is 0. The van der Waals surface area contributed by atoms with E-state index in [1.165, 1.54) is 5.56 Å². The molecule has 2 saturated heterocycles. The molecule has 1 amide bonds. The average molecular weight is 459 g/mol. The van der Waals surface area contributed by atoms with Crippen LogP contribution in [-0.4, -0.2) is 41.9 Å². The highest BCUT2D eigenvalue weighted by Crippen LogP contribution is 2.39. The van der Waals surface area contributed by atoms with Gasteiger partial charge in [0, 0.05) is 24.0 Å². The molecule has 0 bridgehead atoms. The van der Waals surface area contributed by atoms with Crippen LogP contribution in [0.5, 0.6) is 0 Å². The minimum atomic E-state index is 0.0122. The van der Waals surface area contributed by atoms with Crippen LogP contribution in [0, 0.1) is 0 Å². The van der Waals surface area contributed by atoms with E-state index >= 15 is 0 Å². The highest BCUT2D eigenvalue weighted by molar-refractivity contribution is 8.23. The molecule has 0 unspecified atom stereocenters. The fraction of sp³-hybridized carbons (Fsp3) is 0.318. The topological polar surface area (TPSA) is 23.6 Å². The Morgan fingerprint density at radius 3 is 2.07 bits per heavy atom. The smallest absolute Gasteiger partial charge is 0.230 e. The number of carbonyl (C=O) groups is 1. The highest BCUT2D eigenvalue weighted by Gasteiger charge is 2.38. The summed E-state index contributed by atoms with van der Waals surface area (Å²) in [6.07, 6.45) is 0.397. The van der Waals surface area contributed by atoms with Crippen LogP contribution >= 0.6 is 48.0 Å². The monoisotopic (exact) mass is 458 g/mol. The van der Waals surface area contributed by atoms with Crippen LogP contribution in [-0.2, 0) is 4.79 Å². The van der Waals surface area contributed by atoms with Gasteiger partial charge in [0.1, 0.15) is 8.64 Å². The second-order valence-corrected chi connectivity index (χ2v) is 10.5. The van der Waals surface area contributed by atoms with Crippen LogP contribution in [0.1, 0.15) is 36.6 Å². The lowest BCUT2D eigenvalue weighted by molar-refractivity contribution is -0.129. The summed E-state index contributed by atoms with van der Waals surface area (Å²) < 4.78 is 1.55. The molecule has 3 atom stereocenters. The molecule has 150 valence electrons.